The van der Waals surface area contributed by atoms with Gasteiger partial charge in [-0.25, -0.2) is 4.98 Å². The monoisotopic (exact) mass is 648 g/mol. The Bertz CT molecular complexity index is 2040. The normalized spacial score (nSPS) is 18.3. The number of aliphatic hydroxyl groups excluding tert-OH is 1. The number of carbonyl (C=O) groups excluding carboxylic acids is 2. The molecule has 1 N–H and O–H groups in total. The lowest BCUT2D eigenvalue weighted by molar-refractivity contribution is -0.132. The first-order valence-corrected chi connectivity index (χ1v) is 16.1. The summed E-state index contributed by atoms with van der Waals surface area (Å²) in [6.07, 6.45) is 0.677. The summed E-state index contributed by atoms with van der Waals surface area (Å²) in [6.45, 7) is 4.71. The van der Waals surface area contributed by atoms with Crippen molar-refractivity contribution in [3.63, 3.8) is 0 Å². The number of Topliss-reactive ketones (excluding diaryl/α,β-unsaturated/α-hetero) is 1. The highest BCUT2D eigenvalue weighted by Gasteiger charge is 2.48. The van der Waals surface area contributed by atoms with E-state index >= 15 is 0 Å². The van der Waals surface area contributed by atoms with Gasteiger partial charge in [0.05, 0.1) is 35.5 Å². The molecule has 0 aliphatic carbocycles. The Labute approximate surface area is 275 Å². The smallest absolute Gasteiger partial charge is 0.301 e. The molecule has 0 bridgehead atoms. The first-order chi connectivity index (χ1) is 22.8. The van der Waals surface area contributed by atoms with Crippen LogP contribution in [0.25, 0.3) is 16.0 Å². The molecule has 5 aromatic rings. The second-order valence-corrected chi connectivity index (χ2v) is 12.4. The molecule has 7 rings (SSSR count). The van der Waals surface area contributed by atoms with Crippen molar-refractivity contribution in [3.8, 4) is 23.0 Å². The van der Waals surface area contributed by atoms with Gasteiger partial charge in [0.15, 0.2) is 16.6 Å². The zero-order valence-corrected chi connectivity index (χ0v) is 26.9. The number of carbonyl (C=O) groups is 2. The molecule has 0 saturated carbocycles. The van der Waals surface area contributed by atoms with Gasteiger partial charge in [0.25, 0.3) is 5.78 Å². The second kappa shape index (κ2) is 12.4. The van der Waals surface area contributed by atoms with E-state index in [0.717, 1.165) is 21.6 Å². The molecule has 2 atom stereocenters. The quantitative estimate of drug-likeness (QED) is 0.101. The van der Waals surface area contributed by atoms with E-state index in [0.29, 0.717) is 58.7 Å². The van der Waals surface area contributed by atoms with E-state index in [1.807, 2.05) is 68.4 Å². The standard InChI is InChI=1S/C37H32N2O7S/c1-4-44-26-12-13-27-31(19-26)47-37(38-27)39-33(23-10-15-29(30(18-23)43-3)45-20-22-8-6-5-7-9-22)32(35(41)36(39)42)34(40)24-11-14-28-25(17-24)16-21(2)46-28/h5-15,17-19,21,33,40H,4,16,20H2,1-3H3/t21-,33-/m0/s1. The Morgan fingerprint density at radius 2 is 1.83 bits per heavy atom. The largest absolute Gasteiger partial charge is 0.507 e. The van der Waals surface area contributed by atoms with Gasteiger partial charge in [0, 0.05) is 12.0 Å². The van der Waals surface area contributed by atoms with Gasteiger partial charge in [-0.3, -0.25) is 14.5 Å². The Morgan fingerprint density at radius 1 is 1.00 bits per heavy atom. The first-order valence-electron chi connectivity index (χ1n) is 15.3. The highest BCUT2D eigenvalue weighted by Crippen LogP contribution is 2.46. The van der Waals surface area contributed by atoms with Crippen molar-refractivity contribution in [2.45, 2.75) is 39.0 Å². The van der Waals surface area contributed by atoms with Gasteiger partial charge < -0.3 is 24.1 Å². The summed E-state index contributed by atoms with van der Waals surface area (Å²) >= 11 is 1.27. The number of hydrogen-bond acceptors (Lipinski definition) is 9. The van der Waals surface area contributed by atoms with Gasteiger partial charge in [-0.1, -0.05) is 47.7 Å². The molecular weight excluding hydrogens is 616 g/mol. The van der Waals surface area contributed by atoms with Crippen molar-refractivity contribution in [1.82, 2.24) is 4.98 Å². The fourth-order valence-electron chi connectivity index (χ4n) is 6.03. The maximum absolute atomic E-state index is 13.9. The van der Waals surface area contributed by atoms with Gasteiger partial charge >= 0.3 is 5.91 Å². The van der Waals surface area contributed by atoms with Gasteiger partial charge in [-0.05, 0) is 79.1 Å². The van der Waals surface area contributed by atoms with Crippen LogP contribution < -0.4 is 23.8 Å². The summed E-state index contributed by atoms with van der Waals surface area (Å²) in [6, 6.07) is 24.8. The van der Waals surface area contributed by atoms with Crippen LogP contribution >= 0.6 is 11.3 Å². The van der Waals surface area contributed by atoms with Crippen molar-refractivity contribution >= 4 is 44.1 Å². The minimum absolute atomic E-state index is 0.00495. The molecule has 3 heterocycles. The third kappa shape index (κ3) is 5.65. The molecule has 0 unspecified atom stereocenters. The fraction of sp³-hybridized carbons (Fsp3) is 0.216. The zero-order chi connectivity index (χ0) is 32.7. The van der Waals surface area contributed by atoms with E-state index in [9.17, 15) is 14.7 Å². The lowest BCUT2D eigenvalue weighted by Crippen LogP contribution is -2.29. The number of rotatable bonds is 9. The SMILES string of the molecule is CCOc1ccc2nc(N3C(=O)C(=O)C(=C(O)c4ccc5c(c4)C[C@H](C)O5)[C@@H]3c3ccc(OCc4ccccc4)c(OC)c3)sc2c1. The van der Waals surface area contributed by atoms with Crippen molar-refractivity contribution in [2.24, 2.45) is 0 Å². The lowest BCUT2D eigenvalue weighted by atomic mass is 9.94. The lowest BCUT2D eigenvalue weighted by Gasteiger charge is -2.24. The summed E-state index contributed by atoms with van der Waals surface area (Å²) in [4.78, 5) is 33.9. The zero-order valence-electron chi connectivity index (χ0n) is 26.1. The number of ketones is 1. The number of thiazole rings is 1. The van der Waals surface area contributed by atoms with E-state index in [1.54, 1.807) is 30.3 Å². The molecule has 2 aliphatic rings. The number of hydrogen-bond donors (Lipinski definition) is 1. The minimum Gasteiger partial charge on any atom is -0.507 e. The van der Waals surface area contributed by atoms with Crippen LogP contribution in [-0.2, 0) is 22.6 Å². The number of aliphatic hydroxyl groups is 1. The summed E-state index contributed by atoms with van der Waals surface area (Å²) < 4.78 is 24.1. The van der Waals surface area contributed by atoms with Gasteiger partial charge in [-0.2, -0.15) is 0 Å². The highest BCUT2D eigenvalue weighted by molar-refractivity contribution is 7.22. The van der Waals surface area contributed by atoms with Crippen molar-refractivity contribution in [2.75, 3.05) is 18.6 Å². The van der Waals surface area contributed by atoms with E-state index in [2.05, 4.69) is 0 Å². The van der Waals surface area contributed by atoms with Gasteiger partial charge in [-0.15, -0.1) is 0 Å². The van der Waals surface area contributed by atoms with Crippen LogP contribution in [0.1, 0.15) is 42.1 Å². The van der Waals surface area contributed by atoms with E-state index in [-0.39, 0.29) is 17.4 Å². The summed E-state index contributed by atoms with van der Waals surface area (Å²) in [5, 5.41) is 12.1. The predicted molar refractivity (Wildman–Crippen MR) is 180 cm³/mol. The maximum Gasteiger partial charge on any atom is 0.301 e. The number of benzene rings is 4. The Morgan fingerprint density at radius 3 is 2.62 bits per heavy atom. The molecule has 2 aliphatic heterocycles. The molecule has 1 fully saturated rings. The number of anilines is 1. The molecule has 238 valence electrons. The van der Waals surface area contributed by atoms with E-state index in [1.165, 1.54) is 23.3 Å². The van der Waals surface area contributed by atoms with Crippen LogP contribution in [-0.4, -0.2) is 41.6 Å². The molecule has 1 aromatic heterocycles. The summed E-state index contributed by atoms with van der Waals surface area (Å²) in [7, 11) is 1.53. The first kappa shape index (κ1) is 30.3. The Hall–Kier alpha value is -5.35. The Balaban J connectivity index is 1.34. The minimum atomic E-state index is -0.998. The Kier molecular flexibility index (Phi) is 8.03. The van der Waals surface area contributed by atoms with Crippen molar-refractivity contribution < 1.29 is 33.6 Å². The highest BCUT2D eigenvalue weighted by atomic mass is 32.1. The van der Waals surface area contributed by atoms with Gasteiger partial charge in [0.1, 0.15) is 30.0 Å². The second-order valence-electron chi connectivity index (χ2n) is 11.4. The molecule has 10 heteroatoms. The number of ether oxygens (including phenoxy) is 4. The topological polar surface area (TPSA) is 107 Å². The number of fused-ring (bicyclic) bond motifs is 2. The van der Waals surface area contributed by atoms with Gasteiger partial charge in [0.2, 0.25) is 0 Å². The molecule has 4 aromatic carbocycles. The van der Waals surface area contributed by atoms with Crippen molar-refractivity contribution in [3.05, 3.63) is 113 Å². The van der Waals surface area contributed by atoms with Crippen molar-refractivity contribution in [1.29, 1.82) is 0 Å². The van der Waals surface area contributed by atoms with Crippen LogP contribution in [0, 0.1) is 0 Å². The summed E-state index contributed by atoms with van der Waals surface area (Å²) in [5.41, 5.74) is 3.49. The fourth-order valence-corrected chi connectivity index (χ4v) is 7.05. The number of nitrogens with zero attached hydrogens (tertiary/aromatic N) is 2. The molecule has 0 radical (unpaired) electrons. The third-order valence-corrected chi connectivity index (χ3v) is 9.24. The molecule has 0 spiro atoms. The molecule has 47 heavy (non-hydrogen) atoms. The van der Waals surface area contributed by atoms with Crippen LogP contribution in [0.2, 0.25) is 0 Å². The number of methoxy groups -OCH3 is 1. The van der Waals surface area contributed by atoms with Crippen LogP contribution in [0.5, 0.6) is 23.0 Å². The van der Waals surface area contributed by atoms with Crippen LogP contribution in [0.3, 0.4) is 0 Å². The van der Waals surface area contributed by atoms with Crippen LogP contribution in [0.4, 0.5) is 5.13 Å². The van der Waals surface area contributed by atoms with E-state index < -0.39 is 17.7 Å². The maximum atomic E-state index is 13.9. The summed E-state index contributed by atoms with van der Waals surface area (Å²) in [5.74, 6) is 0.451. The number of amides is 1. The van der Waals surface area contributed by atoms with E-state index in [4.69, 9.17) is 23.9 Å². The average molecular weight is 649 g/mol. The van der Waals surface area contributed by atoms with Crippen LogP contribution in [0.15, 0.2) is 90.5 Å². The molecule has 9 nitrogen and oxygen atoms in total. The molecular formula is C37H32N2O7S. The molecule has 1 amide bonds. The predicted octanol–water partition coefficient (Wildman–Crippen LogP) is 7.23. The molecule has 1 saturated heterocycles. The average Bonchev–Trinajstić information content (AvgIpc) is 3.75. The number of aromatic nitrogens is 1. The third-order valence-electron chi connectivity index (χ3n) is 8.22.